The fourth-order valence-corrected chi connectivity index (χ4v) is 2.73. The highest BCUT2D eigenvalue weighted by Gasteiger charge is 2.13. The molecule has 2 heterocycles. The van der Waals surface area contributed by atoms with Crippen LogP contribution < -0.4 is 4.90 Å². The molecule has 0 bridgehead atoms. The molecule has 5 heteroatoms. The van der Waals surface area contributed by atoms with Gasteiger partial charge in [0.05, 0.1) is 13.2 Å². The first-order valence-electron chi connectivity index (χ1n) is 4.84. The highest BCUT2D eigenvalue weighted by atomic mass is 79.9. The highest BCUT2D eigenvalue weighted by molar-refractivity contribution is 9.10. The Balaban J connectivity index is 2.20. The molecular weight excluding hydrogens is 324 g/mol. The van der Waals surface area contributed by atoms with Crippen molar-refractivity contribution >= 4 is 37.7 Å². The second-order valence-electron chi connectivity index (χ2n) is 3.37. The molecule has 0 saturated carbocycles. The Morgan fingerprint density at radius 2 is 2.13 bits per heavy atom. The van der Waals surface area contributed by atoms with Crippen LogP contribution in [0.5, 0.6) is 0 Å². The third-order valence-electron chi connectivity index (χ3n) is 2.40. The second-order valence-corrected chi connectivity index (χ2v) is 4.78. The Hall–Kier alpha value is -0.130. The number of alkyl halides is 1. The van der Waals surface area contributed by atoms with Gasteiger partial charge in [0, 0.05) is 29.1 Å². The molecule has 82 valence electrons. The quantitative estimate of drug-likeness (QED) is 0.777. The van der Waals surface area contributed by atoms with E-state index in [4.69, 9.17) is 4.74 Å². The van der Waals surface area contributed by atoms with Gasteiger partial charge in [0.1, 0.15) is 5.82 Å². The van der Waals surface area contributed by atoms with Crippen LogP contribution in [-0.4, -0.2) is 31.3 Å². The molecule has 1 aromatic heterocycles. The molecule has 1 aromatic rings. The van der Waals surface area contributed by atoms with E-state index < -0.39 is 0 Å². The van der Waals surface area contributed by atoms with Gasteiger partial charge in [-0.25, -0.2) is 4.98 Å². The summed E-state index contributed by atoms with van der Waals surface area (Å²) in [5.74, 6) is 1.04. The maximum Gasteiger partial charge on any atom is 0.129 e. The average molecular weight is 336 g/mol. The van der Waals surface area contributed by atoms with Gasteiger partial charge >= 0.3 is 0 Å². The van der Waals surface area contributed by atoms with Crippen molar-refractivity contribution in [2.24, 2.45) is 0 Å². The number of rotatable bonds is 2. The SMILES string of the molecule is BrCc1cc(N2CCOCC2)ncc1Br. The van der Waals surface area contributed by atoms with Crippen molar-refractivity contribution in [3.05, 3.63) is 22.3 Å². The third kappa shape index (κ3) is 2.71. The molecule has 1 aliphatic heterocycles. The summed E-state index contributed by atoms with van der Waals surface area (Å²) in [5, 5.41) is 0.841. The van der Waals surface area contributed by atoms with Crippen molar-refractivity contribution in [1.82, 2.24) is 4.98 Å². The van der Waals surface area contributed by atoms with E-state index in [0.29, 0.717) is 0 Å². The van der Waals surface area contributed by atoms with Gasteiger partial charge in [0.15, 0.2) is 0 Å². The van der Waals surface area contributed by atoms with Crippen LogP contribution in [0.3, 0.4) is 0 Å². The standard InChI is InChI=1S/C10H12Br2N2O/c11-6-8-5-10(13-7-9(8)12)14-1-3-15-4-2-14/h5,7H,1-4,6H2. The molecule has 0 atom stereocenters. The minimum absolute atomic E-state index is 0.793. The smallest absolute Gasteiger partial charge is 0.129 e. The maximum absolute atomic E-state index is 5.31. The summed E-state index contributed by atoms with van der Waals surface area (Å²) < 4.78 is 6.37. The van der Waals surface area contributed by atoms with Gasteiger partial charge < -0.3 is 9.64 Å². The first-order chi connectivity index (χ1) is 7.31. The molecule has 0 N–H and O–H groups in total. The molecule has 1 aliphatic rings. The van der Waals surface area contributed by atoms with E-state index in [1.807, 2.05) is 6.20 Å². The van der Waals surface area contributed by atoms with E-state index in [1.165, 1.54) is 5.56 Å². The summed E-state index contributed by atoms with van der Waals surface area (Å²) >= 11 is 6.94. The van der Waals surface area contributed by atoms with Crippen LogP contribution in [-0.2, 0) is 10.1 Å². The van der Waals surface area contributed by atoms with Crippen molar-refractivity contribution in [1.29, 1.82) is 0 Å². The van der Waals surface area contributed by atoms with E-state index in [1.54, 1.807) is 0 Å². The lowest BCUT2D eigenvalue weighted by Gasteiger charge is -2.28. The molecule has 1 fully saturated rings. The fourth-order valence-electron chi connectivity index (χ4n) is 1.54. The summed E-state index contributed by atoms with van der Waals surface area (Å²) in [5.41, 5.74) is 1.23. The van der Waals surface area contributed by atoms with Gasteiger partial charge in [-0.05, 0) is 27.6 Å². The lowest BCUT2D eigenvalue weighted by molar-refractivity contribution is 0.122. The number of hydrogen-bond donors (Lipinski definition) is 0. The van der Waals surface area contributed by atoms with E-state index in [0.717, 1.165) is 41.9 Å². The Morgan fingerprint density at radius 3 is 2.80 bits per heavy atom. The topological polar surface area (TPSA) is 25.4 Å². The predicted molar refractivity (Wildman–Crippen MR) is 67.6 cm³/mol. The number of pyridine rings is 1. The van der Waals surface area contributed by atoms with E-state index in [-0.39, 0.29) is 0 Å². The van der Waals surface area contributed by atoms with Crippen molar-refractivity contribution in [2.45, 2.75) is 5.33 Å². The summed E-state index contributed by atoms with van der Waals surface area (Å²) in [6, 6.07) is 2.12. The summed E-state index contributed by atoms with van der Waals surface area (Å²) in [7, 11) is 0. The monoisotopic (exact) mass is 334 g/mol. The highest BCUT2D eigenvalue weighted by Crippen LogP contribution is 2.23. The molecule has 3 nitrogen and oxygen atoms in total. The largest absolute Gasteiger partial charge is 0.378 e. The summed E-state index contributed by atoms with van der Waals surface area (Å²) in [6.07, 6.45) is 1.86. The number of nitrogens with zero attached hydrogens (tertiary/aromatic N) is 2. The zero-order chi connectivity index (χ0) is 10.7. The first-order valence-corrected chi connectivity index (χ1v) is 6.76. The fraction of sp³-hybridized carbons (Fsp3) is 0.500. The Kier molecular flexibility index (Phi) is 3.99. The third-order valence-corrected chi connectivity index (χ3v) is 3.72. The number of ether oxygens (including phenoxy) is 1. The maximum atomic E-state index is 5.31. The number of morpholine rings is 1. The van der Waals surface area contributed by atoms with Crippen molar-refractivity contribution in [3.8, 4) is 0 Å². The summed E-state index contributed by atoms with van der Waals surface area (Å²) in [6.45, 7) is 3.44. The minimum atomic E-state index is 0.793. The van der Waals surface area contributed by atoms with E-state index >= 15 is 0 Å². The summed E-state index contributed by atoms with van der Waals surface area (Å²) in [4.78, 5) is 6.67. The number of aromatic nitrogens is 1. The Labute approximate surface area is 106 Å². The zero-order valence-electron chi connectivity index (χ0n) is 8.25. The normalized spacial score (nSPS) is 16.8. The van der Waals surface area contributed by atoms with E-state index in [2.05, 4.69) is 47.8 Å². The van der Waals surface area contributed by atoms with Crippen LogP contribution in [0.25, 0.3) is 0 Å². The van der Waals surface area contributed by atoms with Gasteiger partial charge in [-0.3, -0.25) is 0 Å². The molecule has 0 radical (unpaired) electrons. The molecule has 0 unspecified atom stereocenters. The van der Waals surface area contributed by atoms with Crippen LogP contribution >= 0.6 is 31.9 Å². The number of halogens is 2. The van der Waals surface area contributed by atoms with Gasteiger partial charge in [0.25, 0.3) is 0 Å². The molecule has 0 spiro atoms. The minimum Gasteiger partial charge on any atom is -0.378 e. The van der Waals surface area contributed by atoms with Crippen LogP contribution in [0, 0.1) is 0 Å². The zero-order valence-corrected chi connectivity index (χ0v) is 11.4. The van der Waals surface area contributed by atoms with Crippen molar-refractivity contribution < 1.29 is 4.74 Å². The Morgan fingerprint density at radius 1 is 1.40 bits per heavy atom. The Bertz CT molecular complexity index is 340. The molecular formula is C10H12Br2N2O. The molecule has 1 saturated heterocycles. The van der Waals surface area contributed by atoms with Crippen LogP contribution in [0.4, 0.5) is 5.82 Å². The number of hydrogen-bond acceptors (Lipinski definition) is 3. The average Bonchev–Trinajstić information content (AvgIpc) is 2.31. The molecule has 0 aliphatic carbocycles. The lowest BCUT2D eigenvalue weighted by Crippen LogP contribution is -2.36. The molecule has 2 rings (SSSR count). The van der Waals surface area contributed by atoms with Crippen LogP contribution in [0.15, 0.2) is 16.7 Å². The van der Waals surface area contributed by atoms with Gasteiger partial charge in [-0.15, -0.1) is 0 Å². The van der Waals surface area contributed by atoms with Gasteiger partial charge in [0.2, 0.25) is 0 Å². The van der Waals surface area contributed by atoms with Crippen molar-refractivity contribution in [2.75, 3.05) is 31.2 Å². The predicted octanol–water partition coefficient (Wildman–Crippen LogP) is 2.58. The molecule has 15 heavy (non-hydrogen) atoms. The van der Waals surface area contributed by atoms with Gasteiger partial charge in [-0.2, -0.15) is 0 Å². The first kappa shape index (κ1) is 11.4. The molecule has 0 amide bonds. The van der Waals surface area contributed by atoms with E-state index in [9.17, 15) is 0 Å². The van der Waals surface area contributed by atoms with Crippen molar-refractivity contribution in [3.63, 3.8) is 0 Å². The molecule has 0 aromatic carbocycles. The van der Waals surface area contributed by atoms with Gasteiger partial charge in [-0.1, -0.05) is 15.9 Å². The lowest BCUT2D eigenvalue weighted by atomic mass is 10.3. The van der Waals surface area contributed by atoms with Crippen LogP contribution in [0.2, 0.25) is 0 Å². The number of anilines is 1. The van der Waals surface area contributed by atoms with Crippen LogP contribution in [0.1, 0.15) is 5.56 Å². The second kappa shape index (κ2) is 5.27.